The van der Waals surface area contributed by atoms with Crippen molar-refractivity contribution < 1.29 is 47.8 Å². The average Bonchev–Trinajstić information content (AvgIpc) is 2.89. The van der Waals surface area contributed by atoms with Crippen LogP contribution < -0.4 is 0 Å². The van der Waals surface area contributed by atoms with Gasteiger partial charge in [-0.15, -0.1) is 0 Å². The number of hydrogen-bond donors (Lipinski definition) is 3. The van der Waals surface area contributed by atoms with Gasteiger partial charge in [-0.1, -0.05) is 97.3 Å². The summed E-state index contributed by atoms with van der Waals surface area (Å²) in [6, 6.07) is 0. The molecule has 0 fully saturated rings. The van der Waals surface area contributed by atoms with Crippen LogP contribution in [0.1, 0.15) is 123 Å². The Kier molecular flexibility index (Phi) is 24.3. The maximum Gasteiger partial charge on any atom is 0.472 e. The molecule has 3 atom stereocenters. The lowest BCUT2D eigenvalue weighted by Crippen LogP contribution is -2.29. The third-order valence-corrected chi connectivity index (χ3v) is 6.96. The van der Waals surface area contributed by atoms with E-state index in [2.05, 4.69) is 11.4 Å². The normalized spacial score (nSPS) is 14.6. The standard InChI is InChI=1S/C27H53O10P/c1-3-5-7-8-9-10-11-12-13-14-15-17-19-27(31)37-25(22-34-26(30)18-16-6-4-2)23-36-38(32,33)35-21-24(29)20-28/h24-25,28-29H,3-23H2,1-2H3,(H,32,33). The minimum atomic E-state index is -4.58. The van der Waals surface area contributed by atoms with Gasteiger partial charge in [0.05, 0.1) is 19.8 Å². The second kappa shape index (κ2) is 25.0. The van der Waals surface area contributed by atoms with Crippen molar-refractivity contribution in [2.45, 2.75) is 135 Å². The van der Waals surface area contributed by atoms with Crippen molar-refractivity contribution >= 4 is 19.8 Å². The van der Waals surface area contributed by atoms with Crippen LogP contribution in [0.3, 0.4) is 0 Å². The molecule has 0 aliphatic rings. The number of aliphatic hydroxyl groups excluding tert-OH is 2. The lowest BCUT2D eigenvalue weighted by molar-refractivity contribution is -0.161. The van der Waals surface area contributed by atoms with Crippen LogP contribution in [0.5, 0.6) is 0 Å². The van der Waals surface area contributed by atoms with E-state index >= 15 is 0 Å². The van der Waals surface area contributed by atoms with Gasteiger partial charge >= 0.3 is 19.8 Å². The summed E-state index contributed by atoms with van der Waals surface area (Å²) < 4.78 is 32.0. The summed E-state index contributed by atoms with van der Waals surface area (Å²) in [5.74, 6) is -0.952. The van der Waals surface area contributed by atoms with Gasteiger partial charge in [0.1, 0.15) is 12.7 Å². The van der Waals surface area contributed by atoms with Gasteiger partial charge in [0, 0.05) is 12.8 Å². The minimum absolute atomic E-state index is 0.189. The summed E-state index contributed by atoms with van der Waals surface area (Å²) in [6.45, 7) is 2.14. The monoisotopic (exact) mass is 568 g/mol. The second-order valence-electron chi connectivity index (χ2n) is 9.79. The Hall–Kier alpha value is -1.03. The van der Waals surface area contributed by atoms with E-state index in [1.807, 2.05) is 6.92 Å². The molecule has 0 saturated heterocycles. The van der Waals surface area contributed by atoms with Crippen molar-refractivity contribution in [2.24, 2.45) is 0 Å². The summed E-state index contributed by atoms with van der Waals surface area (Å²) in [6.07, 6.45) is 14.6. The number of ether oxygens (including phenoxy) is 2. The first-order valence-corrected chi connectivity index (χ1v) is 16.0. The molecular weight excluding hydrogens is 515 g/mol. The number of rotatable bonds is 27. The van der Waals surface area contributed by atoms with E-state index in [0.29, 0.717) is 12.8 Å². The molecule has 0 aromatic carbocycles. The molecule has 11 heteroatoms. The van der Waals surface area contributed by atoms with Gasteiger partial charge in [-0.2, -0.15) is 0 Å². The number of phosphoric ester groups is 1. The van der Waals surface area contributed by atoms with Crippen molar-refractivity contribution in [3.05, 3.63) is 0 Å². The van der Waals surface area contributed by atoms with Gasteiger partial charge in [0.25, 0.3) is 0 Å². The molecule has 0 radical (unpaired) electrons. The minimum Gasteiger partial charge on any atom is -0.462 e. The molecular formula is C27H53O10P. The quantitative estimate of drug-likeness (QED) is 0.0649. The average molecular weight is 569 g/mol. The third-order valence-electron chi connectivity index (χ3n) is 6.01. The summed E-state index contributed by atoms with van der Waals surface area (Å²) in [5, 5.41) is 18.1. The molecule has 0 saturated carbocycles. The first-order valence-electron chi connectivity index (χ1n) is 14.5. The van der Waals surface area contributed by atoms with Crippen LogP contribution in [-0.4, -0.2) is 65.7 Å². The van der Waals surface area contributed by atoms with Crippen molar-refractivity contribution in [3.63, 3.8) is 0 Å². The van der Waals surface area contributed by atoms with E-state index in [-0.39, 0.29) is 19.4 Å². The number of carbonyl (C=O) groups excluding carboxylic acids is 2. The lowest BCUT2D eigenvalue weighted by Gasteiger charge is -2.20. The Balaban J connectivity index is 4.35. The fourth-order valence-corrected chi connectivity index (χ4v) is 4.49. The second-order valence-corrected chi connectivity index (χ2v) is 11.2. The number of phosphoric acid groups is 1. The molecule has 10 nitrogen and oxygen atoms in total. The number of esters is 2. The SMILES string of the molecule is CCCCCCCCCCCCCCC(=O)OC(COC(=O)CCCCC)COP(=O)(O)OCC(O)CO. The first kappa shape index (κ1) is 37.0. The van der Waals surface area contributed by atoms with E-state index < -0.39 is 51.8 Å². The summed E-state index contributed by atoms with van der Waals surface area (Å²) in [7, 11) is -4.58. The molecule has 3 unspecified atom stereocenters. The Labute approximate surface area is 229 Å². The molecule has 38 heavy (non-hydrogen) atoms. The zero-order chi connectivity index (χ0) is 28.5. The number of unbranched alkanes of at least 4 members (excludes halogenated alkanes) is 13. The maximum absolute atomic E-state index is 12.3. The Morgan fingerprint density at radius 3 is 1.68 bits per heavy atom. The summed E-state index contributed by atoms with van der Waals surface area (Å²) >= 11 is 0. The molecule has 0 aliphatic heterocycles. The highest BCUT2D eigenvalue weighted by Gasteiger charge is 2.27. The Morgan fingerprint density at radius 2 is 1.13 bits per heavy atom. The zero-order valence-electron chi connectivity index (χ0n) is 23.7. The molecule has 226 valence electrons. The van der Waals surface area contributed by atoms with Gasteiger partial charge < -0.3 is 24.6 Å². The van der Waals surface area contributed by atoms with Crippen LogP contribution in [0.2, 0.25) is 0 Å². The number of aliphatic hydroxyl groups is 2. The molecule has 0 bridgehead atoms. The van der Waals surface area contributed by atoms with Gasteiger partial charge in [-0.05, 0) is 12.8 Å². The number of hydrogen-bond acceptors (Lipinski definition) is 9. The fourth-order valence-electron chi connectivity index (χ4n) is 3.70. The predicted octanol–water partition coefficient (Wildman–Crippen LogP) is 5.60. The molecule has 0 aromatic heterocycles. The molecule has 0 spiro atoms. The topological polar surface area (TPSA) is 149 Å². The van der Waals surface area contributed by atoms with E-state index in [9.17, 15) is 24.2 Å². The Morgan fingerprint density at radius 1 is 0.684 bits per heavy atom. The van der Waals surface area contributed by atoms with E-state index in [0.717, 1.165) is 32.1 Å². The molecule has 0 amide bonds. The van der Waals surface area contributed by atoms with E-state index in [4.69, 9.17) is 19.1 Å². The van der Waals surface area contributed by atoms with Crippen LogP contribution in [0.4, 0.5) is 0 Å². The molecule has 0 aromatic rings. The molecule has 0 aliphatic carbocycles. The highest BCUT2D eigenvalue weighted by Crippen LogP contribution is 2.43. The summed E-state index contributed by atoms with van der Waals surface area (Å²) in [5.41, 5.74) is 0. The fraction of sp³-hybridized carbons (Fsp3) is 0.926. The van der Waals surface area contributed by atoms with E-state index in [1.54, 1.807) is 0 Å². The number of carbonyl (C=O) groups is 2. The zero-order valence-corrected chi connectivity index (χ0v) is 24.5. The van der Waals surface area contributed by atoms with Crippen molar-refractivity contribution in [1.29, 1.82) is 0 Å². The van der Waals surface area contributed by atoms with Crippen molar-refractivity contribution in [3.8, 4) is 0 Å². The van der Waals surface area contributed by atoms with Crippen LogP contribution in [0, 0.1) is 0 Å². The van der Waals surface area contributed by atoms with Gasteiger partial charge in [-0.3, -0.25) is 18.6 Å². The highest BCUT2D eigenvalue weighted by molar-refractivity contribution is 7.47. The van der Waals surface area contributed by atoms with Crippen LogP contribution in [0.25, 0.3) is 0 Å². The lowest BCUT2D eigenvalue weighted by atomic mass is 10.0. The smallest absolute Gasteiger partial charge is 0.462 e. The summed E-state index contributed by atoms with van der Waals surface area (Å²) in [4.78, 5) is 34.0. The maximum atomic E-state index is 12.3. The van der Waals surface area contributed by atoms with Gasteiger partial charge in [0.2, 0.25) is 0 Å². The Bertz CT molecular complexity index is 631. The molecule has 0 heterocycles. The highest BCUT2D eigenvalue weighted by atomic mass is 31.2. The largest absolute Gasteiger partial charge is 0.472 e. The van der Waals surface area contributed by atoms with Crippen LogP contribution in [-0.2, 0) is 32.7 Å². The van der Waals surface area contributed by atoms with E-state index in [1.165, 1.54) is 51.4 Å². The first-order chi connectivity index (χ1) is 18.2. The van der Waals surface area contributed by atoms with Crippen LogP contribution in [0.15, 0.2) is 0 Å². The van der Waals surface area contributed by atoms with Crippen LogP contribution >= 0.6 is 7.82 Å². The van der Waals surface area contributed by atoms with Crippen molar-refractivity contribution in [1.82, 2.24) is 0 Å². The molecule has 3 N–H and O–H groups in total. The van der Waals surface area contributed by atoms with Gasteiger partial charge in [-0.25, -0.2) is 4.57 Å². The molecule has 0 rings (SSSR count). The third kappa shape index (κ3) is 24.0. The predicted molar refractivity (Wildman–Crippen MR) is 145 cm³/mol. The van der Waals surface area contributed by atoms with Gasteiger partial charge in [0.15, 0.2) is 6.10 Å². The van der Waals surface area contributed by atoms with Crippen molar-refractivity contribution in [2.75, 3.05) is 26.4 Å².